The quantitative estimate of drug-likeness (QED) is 0.829. The van der Waals surface area contributed by atoms with Crippen LogP contribution >= 0.6 is 0 Å². The van der Waals surface area contributed by atoms with Gasteiger partial charge in [-0.05, 0) is 18.2 Å². The van der Waals surface area contributed by atoms with Crippen LogP contribution in [0.1, 0.15) is 5.69 Å². The first-order chi connectivity index (χ1) is 8.16. The molecule has 0 spiro atoms. The number of carboxylic acid groups (broad SMARTS) is 1. The van der Waals surface area contributed by atoms with Crippen LogP contribution in [0.2, 0.25) is 0 Å². The first kappa shape index (κ1) is 11.1. The molecule has 0 radical (unpaired) electrons. The Balaban J connectivity index is 2.50. The molecule has 0 aromatic carbocycles. The van der Waals surface area contributed by atoms with E-state index in [1.54, 1.807) is 30.6 Å². The van der Waals surface area contributed by atoms with Crippen LogP contribution in [0.25, 0.3) is 11.1 Å². The van der Waals surface area contributed by atoms with E-state index in [1.807, 2.05) is 6.07 Å². The van der Waals surface area contributed by atoms with Crippen molar-refractivity contribution in [1.82, 2.24) is 9.97 Å². The van der Waals surface area contributed by atoms with Crippen LogP contribution < -0.4 is 5.73 Å². The molecule has 5 heteroatoms. The van der Waals surface area contributed by atoms with Gasteiger partial charge in [0.05, 0.1) is 12.1 Å². The van der Waals surface area contributed by atoms with Gasteiger partial charge in [0.1, 0.15) is 5.82 Å². The molecule has 86 valence electrons. The van der Waals surface area contributed by atoms with Crippen molar-refractivity contribution in [1.29, 1.82) is 0 Å². The minimum absolute atomic E-state index is 0.157. The first-order valence-corrected chi connectivity index (χ1v) is 5.04. The summed E-state index contributed by atoms with van der Waals surface area (Å²) in [4.78, 5) is 18.8. The lowest BCUT2D eigenvalue weighted by atomic mass is 10.0. The standard InChI is InChI=1S/C12H11N3O2/c13-11-4-3-9(8-2-1-5-14-7-8)10(15-11)6-12(16)17/h1-5,7H,6H2,(H2,13,15)(H,16,17). The van der Waals surface area contributed by atoms with Gasteiger partial charge in [-0.1, -0.05) is 6.07 Å². The molecule has 0 bridgehead atoms. The lowest BCUT2D eigenvalue weighted by Crippen LogP contribution is -2.06. The van der Waals surface area contributed by atoms with Crippen LogP contribution in [0, 0.1) is 0 Å². The number of carbonyl (C=O) groups is 1. The normalized spacial score (nSPS) is 10.1. The molecular weight excluding hydrogens is 218 g/mol. The third-order valence-electron chi connectivity index (χ3n) is 2.29. The van der Waals surface area contributed by atoms with E-state index < -0.39 is 5.97 Å². The Hall–Kier alpha value is -2.43. The molecule has 0 atom stereocenters. The van der Waals surface area contributed by atoms with Crippen molar-refractivity contribution in [3.8, 4) is 11.1 Å². The van der Waals surface area contributed by atoms with E-state index in [-0.39, 0.29) is 6.42 Å². The number of nitrogen functional groups attached to an aromatic ring is 1. The summed E-state index contributed by atoms with van der Waals surface area (Å²) < 4.78 is 0. The fourth-order valence-corrected chi connectivity index (χ4v) is 1.58. The molecule has 5 nitrogen and oxygen atoms in total. The molecule has 0 saturated carbocycles. The maximum atomic E-state index is 10.8. The predicted octanol–water partition coefficient (Wildman–Crippen LogP) is 1.35. The zero-order valence-electron chi connectivity index (χ0n) is 9.00. The lowest BCUT2D eigenvalue weighted by molar-refractivity contribution is -0.136. The number of rotatable bonds is 3. The summed E-state index contributed by atoms with van der Waals surface area (Å²) in [5.74, 6) is -0.623. The van der Waals surface area contributed by atoms with Gasteiger partial charge < -0.3 is 10.8 Å². The topological polar surface area (TPSA) is 89.1 Å². The largest absolute Gasteiger partial charge is 0.481 e. The van der Waals surface area contributed by atoms with Crippen molar-refractivity contribution in [3.63, 3.8) is 0 Å². The van der Waals surface area contributed by atoms with E-state index in [0.29, 0.717) is 11.5 Å². The summed E-state index contributed by atoms with van der Waals surface area (Å²) in [6.07, 6.45) is 3.17. The second-order valence-electron chi connectivity index (χ2n) is 3.54. The molecule has 0 amide bonds. The molecule has 2 aromatic rings. The van der Waals surface area contributed by atoms with Gasteiger partial charge in [-0.25, -0.2) is 4.98 Å². The van der Waals surface area contributed by atoms with Gasteiger partial charge in [0, 0.05) is 23.5 Å². The molecule has 0 aliphatic carbocycles. The van der Waals surface area contributed by atoms with Crippen molar-refractivity contribution in [3.05, 3.63) is 42.4 Å². The van der Waals surface area contributed by atoms with Crippen LogP contribution in [0.4, 0.5) is 5.82 Å². The maximum absolute atomic E-state index is 10.8. The third-order valence-corrected chi connectivity index (χ3v) is 2.29. The van der Waals surface area contributed by atoms with Gasteiger partial charge in [0.25, 0.3) is 0 Å². The van der Waals surface area contributed by atoms with E-state index in [0.717, 1.165) is 11.1 Å². The van der Waals surface area contributed by atoms with Crippen LogP contribution in [-0.4, -0.2) is 21.0 Å². The fraction of sp³-hybridized carbons (Fsp3) is 0.0833. The highest BCUT2D eigenvalue weighted by Crippen LogP contribution is 2.22. The van der Waals surface area contributed by atoms with Crippen molar-refractivity contribution in [2.75, 3.05) is 5.73 Å². The zero-order valence-corrected chi connectivity index (χ0v) is 9.00. The van der Waals surface area contributed by atoms with Crippen LogP contribution in [0.3, 0.4) is 0 Å². The minimum Gasteiger partial charge on any atom is -0.481 e. The number of aromatic nitrogens is 2. The van der Waals surface area contributed by atoms with Gasteiger partial charge in [-0.15, -0.1) is 0 Å². The summed E-state index contributed by atoms with van der Waals surface area (Å²) in [7, 11) is 0. The van der Waals surface area contributed by atoms with Gasteiger partial charge in [0.2, 0.25) is 0 Å². The molecular formula is C12H11N3O2. The molecule has 2 heterocycles. The molecule has 0 unspecified atom stereocenters. The van der Waals surface area contributed by atoms with Crippen molar-refractivity contribution >= 4 is 11.8 Å². The summed E-state index contributed by atoms with van der Waals surface area (Å²) >= 11 is 0. The van der Waals surface area contributed by atoms with Gasteiger partial charge >= 0.3 is 5.97 Å². The van der Waals surface area contributed by atoms with Crippen LogP contribution in [0.15, 0.2) is 36.7 Å². The SMILES string of the molecule is Nc1ccc(-c2cccnc2)c(CC(=O)O)n1. The Morgan fingerprint density at radius 2 is 2.18 bits per heavy atom. The molecule has 2 aromatic heterocycles. The Morgan fingerprint density at radius 3 is 2.82 bits per heavy atom. The molecule has 0 aliphatic rings. The Labute approximate surface area is 98.0 Å². The molecule has 0 aliphatic heterocycles. The van der Waals surface area contributed by atoms with Crippen molar-refractivity contribution in [2.45, 2.75) is 6.42 Å². The average Bonchev–Trinajstić information content (AvgIpc) is 2.29. The third kappa shape index (κ3) is 2.57. The van der Waals surface area contributed by atoms with Crippen LogP contribution in [-0.2, 0) is 11.2 Å². The highest BCUT2D eigenvalue weighted by molar-refractivity contribution is 5.75. The van der Waals surface area contributed by atoms with Crippen molar-refractivity contribution < 1.29 is 9.90 Å². The van der Waals surface area contributed by atoms with Gasteiger partial charge in [0.15, 0.2) is 0 Å². The smallest absolute Gasteiger partial charge is 0.309 e. The van der Waals surface area contributed by atoms with E-state index in [9.17, 15) is 4.79 Å². The highest BCUT2D eigenvalue weighted by atomic mass is 16.4. The molecule has 17 heavy (non-hydrogen) atoms. The van der Waals surface area contributed by atoms with E-state index in [1.165, 1.54) is 0 Å². The number of nitrogens with zero attached hydrogens (tertiary/aromatic N) is 2. The Morgan fingerprint density at radius 1 is 1.35 bits per heavy atom. The number of nitrogens with two attached hydrogens (primary N) is 1. The predicted molar refractivity (Wildman–Crippen MR) is 63.2 cm³/mol. The van der Waals surface area contributed by atoms with Crippen LogP contribution in [0.5, 0.6) is 0 Å². The first-order valence-electron chi connectivity index (χ1n) is 5.04. The number of hydrogen-bond acceptors (Lipinski definition) is 4. The second kappa shape index (κ2) is 4.61. The number of anilines is 1. The van der Waals surface area contributed by atoms with E-state index in [2.05, 4.69) is 9.97 Å². The van der Waals surface area contributed by atoms with E-state index in [4.69, 9.17) is 10.8 Å². The highest BCUT2D eigenvalue weighted by Gasteiger charge is 2.10. The summed E-state index contributed by atoms with van der Waals surface area (Å²) in [5, 5.41) is 8.83. The van der Waals surface area contributed by atoms with Crippen molar-refractivity contribution in [2.24, 2.45) is 0 Å². The minimum atomic E-state index is -0.937. The molecule has 0 fully saturated rings. The fourth-order valence-electron chi connectivity index (χ4n) is 1.58. The summed E-state index contributed by atoms with van der Waals surface area (Å²) in [6.45, 7) is 0. The molecule has 3 N–H and O–H groups in total. The van der Waals surface area contributed by atoms with Gasteiger partial charge in [-0.3, -0.25) is 9.78 Å². The summed E-state index contributed by atoms with van der Waals surface area (Å²) in [5.41, 5.74) is 7.59. The average molecular weight is 229 g/mol. The number of carboxylic acids is 1. The summed E-state index contributed by atoms with van der Waals surface area (Å²) in [6, 6.07) is 7.05. The second-order valence-corrected chi connectivity index (χ2v) is 3.54. The lowest BCUT2D eigenvalue weighted by Gasteiger charge is -2.07. The van der Waals surface area contributed by atoms with Gasteiger partial charge in [-0.2, -0.15) is 0 Å². The number of pyridine rings is 2. The zero-order chi connectivity index (χ0) is 12.3. The Kier molecular flexibility index (Phi) is 3.00. The maximum Gasteiger partial charge on any atom is 0.309 e. The number of aliphatic carboxylic acids is 1. The Bertz CT molecular complexity index is 541. The van der Waals surface area contributed by atoms with E-state index >= 15 is 0 Å². The monoisotopic (exact) mass is 229 g/mol. The number of hydrogen-bond donors (Lipinski definition) is 2. The molecule has 2 rings (SSSR count). The molecule has 0 saturated heterocycles.